The van der Waals surface area contributed by atoms with Crippen LogP contribution in [0.5, 0.6) is 5.75 Å². The van der Waals surface area contributed by atoms with Crippen LogP contribution >= 0.6 is 0 Å². The number of carbonyl (C=O) groups is 1. The molecule has 172 valence electrons. The standard InChI is InChI=1S/C27H32N4O2/c1-33-23-12-9-21(10-13-23)25-18-29-26-14-11-22(19-31(25)26)27(32)28-15-5-17-30-16-4-7-20-6-2-3-8-24(20)30/h2-3,6,8-10,12-13,18,22H,4-5,7,11,14-17,19H2,1H3,(H,28,32). The average Bonchev–Trinajstić information content (AvgIpc) is 3.30. The van der Waals surface area contributed by atoms with Crippen LogP contribution in [0.25, 0.3) is 11.3 Å². The number of aryl methyl sites for hydroxylation is 2. The van der Waals surface area contributed by atoms with Crippen LogP contribution < -0.4 is 15.0 Å². The minimum absolute atomic E-state index is 0.0144. The van der Waals surface area contributed by atoms with Gasteiger partial charge in [0.15, 0.2) is 0 Å². The highest BCUT2D eigenvalue weighted by Gasteiger charge is 2.27. The van der Waals surface area contributed by atoms with Gasteiger partial charge in [0.25, 0.3) is 0 Å². The van der Waals surface area contributed by atoms with Crippen LogP contribution in [-0.4, -0.2) is 42.2 Å². The number of carbonyl (C=O) groups excluding carboxylic acids is 1. The minimum atomic E-state index is -0.0144. The first-order valence-electron chi connectivity index (χ1n) is 12.0. The highest BCUT2D eigenvalue weighted by molar-refractivity contribution is 5.79. The number of nitrogens with zero attached hydrogens (tertiary/aromatic N) is 3. The normalized spacial score (nSPS) is 17.2. The number of para-hydroxylation sites is 1. The topological polar surface area (TPSA) is 59.4 Å². The second-order valence-corrected chi connectivity index (χ2v) is 9.00. The first-order valence-corrected chi connectivity index (χ1v) is 12.0. The van der Waals surface area contributed by atoms with E-state index in [0.29, 0.717) is 6.54 Å². The lowest BCUT2D eigenvalue weighted by Crippen LogP contribution is -2.38. The molecule has 1 aromatic heterocycles. The van der Waals surface area contributed by atoms with Crippen molar-refractivity contribution < 1.29 is 9.53 Å². The zero-order valence-electron chi connectivity index (χ0n) is 19.3. The fourth-order valence-electron chi connectivity index (χ4n) is 5.11. The molecule has 0 saturated carbocycles. The molecular weight excluding hydrogens is 412 g/mol. The molecular formula is C27H32N4O2. The first-order chi connectivity index (χ1) is 16.2. The van der Waals surface area contributed by atoms with Crippen molar-refractivity contribution in [2.24, 2.45) is 5.92 Å². The second-order valence-electron chi connectivity index (χ2n) is 9.00. The highest BCUT2D eigenvalue weighted by atomic mass is 16.5. The van der Waals surface area contributed by atoms with E-state index in [-0.39, 0.29) is 11.8 Å². The van der Waals surface area contributed by atoms with Crippen LogP contribution in [0.2, 0.25) is 0 Å². The summed E-state index contributed by atoms with van der Waals surface area (Å²) < 4.78 is 7.48. The lowest BCUT2D eigenvalue weighted by molar-refractivity contribution is -0.125. The zero-order chi connectivity index (χ0) is 22.6. The third kappa shape index (κ3) is 4.61. The maximum absolute atomic E-state index is 12.9. The van der Waals surface area contributed by atoms with Gasteiger partial charge in [0.1, 0.15) is 11.6 Å². The van der Waals surface area contributed by atoms with Gasteiger partial charge in [-0.25, -0.2) is 4.98 Å². The number of amides is 1. The van der Waals surface area contributed by atoms with E-state index >= 15 is 0 Å². The Labute approximate surface area is 195 Å². The van der Waals surface area contributed by atoms with Crippen molar-refractivity contribution in [1.82, 2.24) is 14.9 Å². The molecule has 33 heavy (non-hydrogen) atoms. The molecule has 1 atom stereocenters. The van der Waals surface area contributed by atoms with E-state index in [1.54, 1.807) is 7.11 Å². The summed E-state index contributed by atoms with van der Waals surface area (Å²) in [6.07, 6.45) is 6.94. The average molecular weight is 445 g/mol. The number of aromatic nitrogens is 2. The predicted molar refractivity (Wildman–Crippen MR) is 131 cm³/mol. The summed E-state index contributed by atoms with van der Waals surface area (Å²) in [5, 5.41) is 3.20. The van der Waals surface area contributed by atoms with E-state index in [1.807, 2.05) is 30.5 Å². The third-order valence-corrected chi connectivity index (χ3v) is 6.92. The van der Waals surface area contributed by atoms with Gasteiger partial charge in [0, 0.05) is 43.9 Å². The zero-order valence-corrected chi connectivity index (χ0v) is 19.3. The number of methoxy groups -OCH3 is 1. The Bertz CT molecular complexity index is 1110. The molecule has 6 nitrogen and oxygen atoms in total. The Kier molecular flexibility index (Phi) is 6.33. The molecule has 3 heterocycles. The number of ether oxygens (including phenoxy) is 1. The van der Waals surface area contributed by atoms with Crippen molar-refractivity contribution in [2.75, 3.05) is 31.6 Å². The van der Waals surface area contributed by atoms with Crippen LogP contribution in [0.4, 0.5) is 5.69 Å². The number of rotatable bonds is 7. The number of nitrogens with one attached hydrogen (secondary N) is 1. The summed E-state index contributed by atoms with van der Waals surface area (Å²) in [5.41, 5.74) is 4.96. The lowest BCUT2D eigenvalue weighted by atomic mass is 9.98. The fraction of sp³-hybridized carbons (Fsp3) is 0.407. The van der Waals surface area contributed by atoms with E-state index in [2.05, 4.69) is 44.0 Å². The lowest BCUT2D eigenvalue weighted by Gasteiger charge is -2.31. The summed E-state index contributed by atoms with van der Waals surface area (Å²) in [6, 6.07) is 16.7. The molecule has 2 aliphatic heterocycles. The van der Waals surface area contributed by atoms with Gasteiger partial charge in [-0.1, -0.05) is 18.2 Å². The van der Waals surface area contributed by atoms with Gasteiger partial charge in [-0.05, 0) is 61.6 Å². The van der Waals surface area contributed by atoms with Crippen LogP contribution in [0, 0.1) is 5.92 Å². The summed E-state index contributed by atoms with van der Waals surface area (Å²) in [6.45, 7) is 3.48. The van der Waals surface area contributed by atoms with Gasteiger partial charge in [-0.2, -0.15) is 0 Å². The summed E-state index contributed by atoms with van der Waals surface area (Å²) in [7, 11) is 1.67. The number of hydrogen-bond donors (Lipinski definition) is 1. The summed E-state index contributed by atoms with van der Waals surface area (Å²) >= 11 is 0. The molecule has 6 heteroatoms. The number of fused-ring (bicyclic) bond motifs is 2. The molecule has 0 radical (unpaired) electrons. The van der Waals surface area contributed by atoms with Crippen molar-refractivity contribution in [3.8, 4) is 17.0 Å². The number of anilines is 1. The maximum atomic E-state index is 12.9. The molecule has 0 saturated heterocycles. The first kappa shape index (κ1) is 21.6. The molecule has 0 aliphatic carbocycles. The molecule has 2 aromatic carbocycles. The molecule has 0 fully saturated rings. The molecule has 5 rings (SSSR count). The SMILES string of the molecule is COc1ccc(-c2cnc3n2CC(C(=O)NCCCN2CCCc4ccccc42)CC3)cc1. The van der Waals surface area contributed by atoms with E-state index < -0.39 is 0 Å². The van der Waals surface area contributed by atoms with Gasteiger partial charge in [0.05, 0.1) is 24.9 Å². The second kappa shape index (κ2) is 9.69. The quantitative estimate of drug-likeness (QED) is 0.558. The van der Waals surface area contributed by atoms with Crippen molar-refractivity contribution in [3.05, 3.63) is 66.1 Å². The van der Waals surface area contributed by atoms with Gasteiger partial charge in [-0.3, -0.25) is 4.79 Å². The summed E-state index contributed by atoms with van der Waals surface area (Å²) in [4.78, 5) is 20.0. The van der Waals surface area contributed by atoms with Crippen molar-refractivity contribution in [3.63, 3.8) is 0 Å². The number of imidazole rings is 1. The molecule has 2 aliphatic rings. The Balaban J connectivity index is 1.15. The van der Waals surface area contributed by atoms with E-state index in [9.17, 15) is 4.79 Å². The van der Waals surface area contributed by atoms with Crippen molar-refractivity contribution in [1.29, 1.82) is 0 Å². The van der Waals surface area contributed by atoms with E-state index in [4.69, 9.17) is 4.74 Å². The summed E-state index contributed by atoms with van der Waals surface area (Å²) in [5.74, 6) is 2.05. The van der Waals surface area contributed by atoms with Crippen LogP contribution in [-0.2, 0) is 24.2 Å². The Morgan fingerprint density at radius 1 is 1.15 bits per heavy atom. The monoisotopic (exact) mass is 444 g/mol. The van der Waals surface area contributed by atoms with Gasteiger partial charge >= 0.3 is 0 Å². The Morgan fingerprint density at radius 3 is 2.85 bits per heavy atom. The van der Waals surface area contributed by atoms with Crippen LogP contribution in [0.3, 0.4) is 0 Å². The molecule has 3 aromatic rings. The van der Waals surface area contributed by atoms with Crippen LogP contribution in [0.15, 0.2) is 54.7 Å². The van der Waals surface area contributed by atoms with Gasteiger partial charge in [-0.15, -0.1) is 0 Å². The fourth-order valence-corrected chi connectivity index (χ4v) is 5.11. The van der Waals surface area contributed by atoms with Crippen LogP contribution in [0.1, 0.15) is 30.7 Å². The largest absolute Gasteiger partial charge is 0.497 e. The predicted octanol–water partition coefficient (Wildman–Crippen LogP) is 4.08. The van der Waals surface area contributed by atoms with E-state index in [1.165, 1.54) is 24.1 Å². The van der Waals surface area contributed by atoms with Crippen molar-refractivity contribution in [2.45, 2.75) is 38.6 Å². The molecule has 0 spiro atoms. The van der Waals surface area contributed by atoms with Crippen molar-refractivity contribution >= 4 is 11.6 Å². The highest BCUT2D eigenvalue weighted by Crippen LogP contribution is 2.29. The number of hydrogen-bond acceptors (Lipinski definition) is 4. The molecule has 1 amide bonds. The molecule has 1 unspecified atom stereocenters. The number of benzene rings is 2. The van der Waals surface area contributed by atoms with Gasteiger partial charge < -0.3 is 19.5 Å². The third-order valence-electron chi connectivity index (χ3n) is 6.92. The molecule has 1 N–H and O–H groups in total. The van der Waals surface area contributed by atoms with E-state index in [0.717, 1.165) is 61.7 Å². The minimum Gasteiger partial charge on any atom is -0.497 e. The molecule has 0 bridgehead atoms. The van der Waals surface area contributed by atoms with Gasteiger partial charge in [0.2, 0.25) is 5.91 Å². The Morgan fingerprint density at radius 2 is 2.00 bits per heavy atom. The smallest absolute Gasteiger partial charge is 0.224 e. The Hall–Kier alpha value is -3.28. The maximum Gasteiger partial charge on any atom is 0.224 e.